The molecular weight excluding hydrogens is 338 g/mol. The topological polar surface area (TPSA) is 68.5 Å². The number of nitrogens with one attached hydrogen (secondary N) is 1. The van der Waals surface area contributed by atoms with Crippen LogP contribution in [0.2, 0.25) is 0 Å². The van der Waals surface area contributed by atoms with Crippen LogP contribution in [0.15, 0.2) is 70.4 Å². The minimum atomic E-state index is -3.55. The first-order valence-corrected chi connectivity index (χ1v) is 9.47. The van der Waals surface area contributed by atoms with Gasteiger partial charge in [0.15, 0.2) is 0 Å². The number of sulfonamides is 1. The van der Waals surface area contributed by atoms with E-state index in [-0.39, 0.29) is 11.4 Å². The summed E-state index contributed by atoms with van der Waals surface area (Å²) in [6, 6.07) is 14.6. The Bertz CT molecular complexity index is 977. The van der Waals surface area contributed by atoms with Gasteiger partial charge in [-0.25, -0.2) is 13.1 Å². The van der Waals surface area contributed by atoms with Crippen LogP contribution in [0.1, 0.15) is 11.1 Å². The largest absolute Gasteiger partial charge is 0.493 e. The average molecular weight is 355 g/mol. The molecule has 1 N–H and O–H groups in total. The van der Waals surface area contributed by atoms with Crippen LogP contribution in [0, 0.1) is 0 Å². The maximum absolute atomic E-state index is 12.5. The molecule has 128 valence electrons. The highest BCUT2D eigenvalue weighted by Crippen LogP contribution is 2.27. The molecule has 6 heteroatoms. The first kappa shape index (κ1) is 15.9. The summed E-state index contributed by atoms with van der Waals surface area (Å²) in [5, 5.41) is 0. The monoisotopic (exact) mass is 355 g/mol. The van der Waals surface area contributed by atoms with Crippen LogP contribution in [0.5, 0.6) is 5.75 Å². The van der Waals surface area contributed by atoms with Gasteiger partial charge in [-0.1, -0.05) is 24.3 Å². The van der Waals surface area contributed by atoms with E-state index in [4.69, 9.17) is 9.15 Å². The molecule has 1 aromatic heterocycles. The van der Waals surface area contributed by atoms with Gasteiger partial charge in [-0.15, -0.1) is 0 Å². The quantitative estimate of drug-likeness (QED) is 0.762. The summed E-state index contributed by atoms with van der Waals surface area (Å²) in [5.41, 5.74) is 3.85. The standard InChI is InChI=1S/C19H17NO4S/c21-25(22,18-5-6-19-16(11-18)8-10-24-19)20-12-14-1-3-15(4-2-14)17-7-9-23-13-17/h1-7,9,11,13,20H,8,10,12H2. The lowest BCUT2D eigenvalue weighted by atomic mass is 10.1. The molecule has 3 aromatic rings. The summed E-state index contributed by atoms with van der Waals surface area (Å²) in [4.78, 5) is 0.270. The molecule has 0 radical (unpaired) electrons. The van der Waals surface area contributed by atoms with E-state index >= 15 is 0 Å². The summed E-state index contributed by atoms with van der Waals surface area (Å²) in [7, 11) is -3.55. The van der Waals surface area contributed by atoms with Gasteiger partial charge in [0.05, 0.1) is 24.0 Å². The fraction of sp³-hybridized carbons (Fsp3) is 0.158. The lowest BCUT2D eigenvalue weighted by Crippen LogP contribution is -2.23. The molecule has 5 nitrogen and oxygen atoms in total. The average Bonchev–Trinajstić information content (AvgIpc) is 3.31. The van der Waals surface area contributed by atoms with Crippen LogP contribution in [0.3, 0.4) is 0 Å². The zero-order valence-electron chi connectivity index (χ0n) is 13.4. The summed E-state index contributed by atoms with van der Waals surface area (Å²) >= 11 is 0. The Kier molecular flexibility index (Phi) is 4.07. The van der Waals surface area contributed by atoms with E-state index in [9.17, 15) is 8.42 Å². The molecule has 0 aliphatic carbocycles. The van der Waals surface area contributed by atoms with Crippen molar-refractivity contribution in [1.82, 2.24) is 4.72 Å². The molecule has 0 atom stereocenters. The van der Waals surface area contributed by atoms with E-state index in [1.54, 1.807) is 30.7 Å². The summed E-state index contributed by atoms with van der Waals surface area (Å²) < 4.78 is 38.1. The van der Waals surface area contributed by atoms with Gasteiger partial charge >= 0.3 is 0 Å². The third-order valence-corrected chi connectivity index (χ3v) is 5.64. The van der Waals surface area contributed by atoms with Gasteiger partial charge in [-0.2, -0.15) is 0 Å². The van der Waals surface area contributed by atoms with Crippen molar-refractivity contribution >= 4 is 10.0 Å². The van der Waals surface area contributed by atoms with Gasteiger partial charge in [0.25, 0.3) is 0 Å². The highest BCUT2D eigenvalue weighted by Gasteiger charge is 2.19. The van der Waals surface area contributed by atoms with Crippen LogP contribution in [0.4, 0.5) is 0 Å². The molecule has 4 rings (SSSR count). The normalized spacial score (nSPS) is 13.4. The van der Waals surface area contributed by atoms with Gasteiger partial charge in [0.1, 0.15) is 5.75 Å². The Morgan fingerprint density at radius 1 is 1.00 bits per heavy atom. The fourth-order valence-corrected chi connectivity index (χ4v) is 3.90. The van der Waals surface area contributed by atoms with E-state index in [0.717, 1.165) is 34.4 Å². The van der Waals surface area contributed by atoms with Gasteiger partial charge in [-0.3, -0.25) is 0 Å². The number of hydrogen-bond acceptors (Lipinski definition) is 4. The van der Waals surface area contributed by atoms with Crippen LogP contribution in [-0.4, -0.2) is 15.0 Å². The number of hydrogen-bond donors (Lipinski definition) is 1. The van der Waals surface area contributed by atoms with Crippen LogP contribution in [-0.2, 0) is 23.0 Å². The lowest BCUT2D eigenvalue weighted by Gasteiger charge is -2.09. The molecule has 0 amide bonds. The minimum Gasteiger partial charge on any atom is -0.493 e. The van der Waals surface area contributed by atoms with Crippen molar-refractivity contribution in [2.45, 2.75) is 17.9 Å². The van der Waals surface area contributed by atoms with Gasteiger partial charge in [0, 0.05) is 18.5 Å². The predicted molar refractivity (Wildman–Crippen MR) is 93.8 cm³/mol. The Morgan fingerprint density at radius 2 is 1.84 bits per heavy atom. The van der Waals surface area contributed by atoms with Gasteiger partial charge in [-0.05, 0) is 41.0 Å². The summed E-state index contributed by atoms with van der Waals surface area (Å²) in [6.07, 6.45) is 4.04. The van der Waals surface area contributed by atoms with Crippen molar-refractivity contribution in [2.75, 3.05) is 6.61 Å². The number of rotatable bonds is 5. The van der Waals surface area contributed by atoms with E-state index in [2.05, 4.69) is 4.72 Å². The molecule has 0 spiro atoms. The Morgan fingerprint density at radius 3 is 2.60 bits per heavy atom. The molecule has 0 saturated carbocycles. The summed E-state index contributed by atoms with van der Waals surface area (Å²) in [6.45, 7) is 0.844. The van der Waals surface area contributed by atoms with Crippen molar-refractivity contribution in [3.8, 4) is 16.9 Å². The van der Waals surface area contributed by atoms with Crippen molar-refractivity contribution in [1.29, 1.82) is 0 Å². The van der Waals surface area contributed by atoms with Gasteiger partial charge < -0.3 is 9.15 Å². The Balaban J connectivity index is 1.47. The molecule has 2 aromatic carbocycles. The second kappa shape index (κ2) is 6.38. The highest BCUT2D eigenvalue weighted by molar-refractivity contribution is 7.89. The van der Waals surface area contributed by atoms with Crippen LogP contribution in [0.25, 0.3) is 11.1 Å². The Hall–Kier alpha value is -2.57. The third-order valence-electron chi connectivity index (χ3n) is 4.25. The minimum absolute atomic E-state index is 0.238. The lowest BCUT2D eigenvalue weighted by molar-refractivity contribution is 0.356. The van der Waals surface area contributed by atoms with Crippen LogP contribution < -0.4 is 9.46 Å². The maximum atomic E-state index is 12.5. The first-order chi connectivity index (χ1) is 12.1. The number of fused-ring (bicyclic) bond motifs is 1. The van der Waals surface area contributed by atoms with Crippen molar-refractivity contribution < 1.29 is 17.6 Å². The van der Waals surface area contributed by atoms with Crippen molar-refractivity contribution in [3.63, 3.8) is 0 Å². The van der Waals surface area contributed by atoms with E-state index in [1.165, 1.54) is 0 Å². The second-order valence-electron chi connectivity index (χ2n) is 5.90. The van der Waals surface area contributed by atoms with E-state index in [1.807, 2.05) is 30.3 Å². The van der Waals surface area contributed by atoms with Crippen LogP contribution >= 0.6 is 0 Å². The molecule has 0 fully saturated rings. The zero-order chi connectivity index (χ0) is 17.3. The number of ether oxygens (including phenoxy) is 1. The number of benzene rings is 2. The summed E-state index contributed by atoms with van der Waals surface area (Å²) in [5.74, 6) is 0.772. The first-order valence-electron chi connectivity index (χ1n) is 7.99. The highest BCUT2D eigenvalue weighted by atomic mass is 32.2. The van der Waals surface area contributed by atoms with Gasteiger partial charge in [0.2, 0.25) is 10.0 Å². The predicted octanol–water partition coefficient (Wildman–Crippen LogP) is 3.36. The molecule has 2 heterocycles. The molecule has 0 unspecified atom stereocenters. The molecule has 1 aliphatic heterocycles. The molecule has 25 heavy (non-hydrogen) atoms. The number of furan rings is 1. The molecule has 0 bridgehead atoms. The SMILES string of the molecule is O=S(=O)(NCc1ccc(-c2ccoc2)cc1)c1ccc2c(c1)CCO2. The third kappa shape index (κ3) is 3.31. The fourth-order valence-electron chi connectivity index (χ4n) is 2.84. The molecular formula is C19H17NO4S. The maximum Gasteiger partial charge on any atom is 0.240 e. The van der Waals surface area contributed by atoms with E-state index < -0.39 is 10.0 Å². The second-order valence-corrected chi connectivity index (χ2v) is 7.67. The smallest absolute Gasteiger partial charge is 0.240 e. The Labute approximate surface area is 146 Å². The van der Waals surface area contributed by atoms with Crippen molar-refractivity contribution in [3.05, 3.63) is 72.2 Å². The molecule has 0 saturated heterocycles. The molecule has 1 aliphatic rings. The zero-order valence-corrected chi connectivity index (χ0v) is 14.3. The van der Waals surface area contributed by atoms with E-state index in [0.29, 0.717) is 6.61 Å². The van der Waals surface area contributed by atoms with Crippen molar-refractivity contribution in [2.24, 2.45) is 0 Å².